The quantitative estimate of drug-likeness (QED) is 0.444. The van der Waals surface area contributed by atoms with Crippen LogP contribution in [0.15, 0.2) is 59.8 Å². The number of hydrazone groups is 1. The van der Waals surface area contributed by atoms with Gasteiger partial charge in [-0.2, -0.15) is 10.1 Å². The van der Waals surface area contributed by atoms with Crippen molar-refractivity contribution in [2.24, 2.45) is 5.10 Å². The molecule has 0 aliphatic carbocycles. The number of nitrogens with zero attached hydrogens (tertiary/aromatic N) is 4. The fourth-order valence-electron chi connectivity index (χ4n) is 3.15. The third kappa shape index (κ3) is 5.26. The topological polar surface area (TPSA) is 83.9 Å². The first kappa shape index (κ1) is 20.5. The van der Waals surface area contributed by atoms with Gasteiger partial charge in [0.1, 0.15) is 5.75 Å². The Morgan fingerprint density at radius 3 is 2.71 bits per heavy atom. The summed E-state index contributed by atoms with van der Waals surface area (Å²) in [4.78, 5) is 10.0. The number of halogens is 1. The van der Waals surface area contributed by atoms with Crippen molar-refractivity contribution in [1.82, 2.24) is 9.97 Å². The van der Waals surface area contributed by atoms with E-state index in [0.29, 0.717) is 32.1 Å². The molecule has 31 heavy (non-hydrogen) atoms. The monoisotopic (exact) mass is 422 g/mol. The van der Waals surface area contributed by atoms with Crippen LogP contribution < -0.4 is 20.4 Å². The summed E-state index contributed by atoms with van der Waals surface area (Å²) in [5, 5.41) is 7.51. The minimum absolute atomic E-state index is 0.209. The predicted molar refractivity (Wildman–Crippen MR) is 119 cm³/mol. The average molecular weight is 422 g/mol. The number of benzene rings is 2. The molecule has 1 aromatic heterocycles. The van der Waals surface area contributed by atoms with Gasteiger partial charge in [0.25, 0.3) is 0 Å². The van der Waals surface area contributed by atoms with Crippen molar-refractivity contribution in [3.05, 3.63) is 66.1 Å². The van der Waals surface area contributed by atoms with E-state index in [9.17, 15) is 4.39 Å². The molecule has 2 aromatic carbocycles. The molecule has 0 amide bonds. The number of anilines is 4. The Labute approximate surface area is 179 Å². The lowest BCUT2D eigenvalue weighted by molar-refractivity contribution is 0.122. The average Bonchev–Trinajstić information content (AvgIpc) is 2.82. The van der Waals surface area contributed by atoms with E-state index in [4.69, 9.17) is 9.47 Å². The first-order chi connectivity index (χ1) is 15.2. The van der Waals surface area contributed by atoms with Gasteiger partial charge >= 0.3 is 0 Å². The summed E-state index contributed by atoms with van der Waals surface area (Å²) >= 11 is 0. The molecule has 4 rings (SSSR count). The van der Waals surface area contributed by atoms with Crippen molar-refractivity contribution >= 4 is 29.4 Å². The molecule has 0 bridgehead atoms. The normalized spacial score (nSPS) is 13.9. The molecule has 1 fully saturated rings. The van der Waals surface area contributed by atoms with E-state index in [1.165, 1.54) is 0 Å². The number of aromatic nitrogens is 2. The highest BCUT2D eigenvalue weighted by Crippen LogP contribution is 2.25. The van der Waals surface area contributed by atoms with E-state index in [2.05, 4.69) is 25.8 Å². The van der Waals surface area contributed by atoms with Crippen LogP contribution in [0.3, 0.4) is 0 Å². The molecule has 0 radical (unpaired) electrons. The second-order valence-corrected chi connectivity index (χ2v) is 6.78. The fraction of sp³-hybridized carbons (Fsp3) is 0.227. The van der Waals surface area contributed by atoms with Gasteiger partial charge in [-0.25, -0.2) is 14.8 Å². The maximum absolute atomic E-state index is 14.1. The zero-order valence-electron chi connectivity index (χ0n) is 17.1. The number of hydrogen-bond acceptors (Lipinski definition) is 8. The molecule has 0 atom stereocenters. The van der Waals surface area contributed by atoms with Crippen molar-refractivity contribution < 1.29 is 13.9 Å². The van der Waals surface area contributed by atoms with Crippen LogP contribution in [0.25, 0.3) is 0 Å². The van der Waals surface area contributed by atoms with Crippen LogP contribution in [0, 0.1) is 5.82 Å². The first-order valence-electron chi connectivity index (χ1n) is 9.87. The third-order valence-electron chi connectivity index (χ3n) is 4.70. The summed E-state index contributed by atoms with van der Waals surface area (Å²) in [6, 6.07) is 15.6. The van der Waals surface area contributed by atoms with Crippen molar-refractivity contribution in [1.29, 1.82) is 0 Å². The van der Waals surface area contributed by atoms with Gasteiger partial charge in [-0.1, -0.05) is 18.2 Å². The Kier molecular flexibility index (Phi) is 6.53. The second kappa shape index (κ2) is 9.86. The van der Waals surface area contributed by atoms with E-state index in [-0.39, 0.29) is 11.8 Å². The van der Waals surface area contributed by atoms with E-state index in [1.807, 2.05) is 53.4 Å². The summed E-state index contributed by atoms with van der Waals surface area (Å²) < 4.78 is 24.9. The summed E-state index contributed by atoms with van der Waals surface area (Å²) in [5.41, 5.74) is 5.40. The smallest absolute Gasteiger partial charge is 0.245 e. The van der Waals surface area contributed by atoms with Gasteiger partial charge in [0.05, 0.1) is 32.7 Å². The molecule has 1 saturated heterocycles. The van der Waals surface area contributed by atoms with Gasteiger partial charge in [-0.05, 0) is 24.3 Å². The highest BCUT2D eigenvalue weighted by atomic mass is 19.1. The molecule has 1 aliphatic rings. The SMILES string of the molecule is COc1cc(Nc2ccccc2)ccc1/C=N/Nc1ncc(F)c(N2CCOCC2)n1. The molecule has 3 aromatic rings. The minimum atomic E-state index is -0.473. The zero-order chi connectivity index (χ0) is 21.5. The summed E-state index contributed by atoms with van der Waals surface area (Å²) in [6.07, 6.45) is 2.74. The lowest BCUT2D eigenvalue weighted by atomic mass is 10.2. The molecule has 8 nitrogen and oxygen atoms in total. The first-order valence-corrected chi connectivity index (χ1v) is 9.87. The van der Waals surface area contributed by atoms with Crippen molar-refractivity contribution in [2.45, 2.75) is 0 Å². The van der Waals surface area contributed by atoms with Gasteiger partial charge < -0.3 is 19.7 Å². The van der Waals surface area contributed by atoms with Crippen molar-refractivity contribution in [3.63, 3.8) is 0 Å². The molecule has 2 N–H and O–H groups in total. The lowest BCUT2D eigenvalue weighted by Gasteiger charge is -2.27. The van der Waals surface area contributed by atoms with Crippen LogP contribution in [0.1, 0.15) is 5.56 Å². The van der Waals surface area contributed by atoms with Gasteiger partial charge in [0, 0.05) is 36.1 Å². The Hall–Kier alpha value is -3.72. The number of hydrogen-bond donors (Lipinski definition) is 2. The largest absolute Gasteiger partial charge is 0.496 e. The maximum atomic E-state index is 14.1. The lowest BCUT2D eigenvalue weighted by Crippen LogP contribution is -2.37. The fourth-order valence-corrected chi connectivity index (χ4v) is 3.15. The number of rotatable bonds is 7. The Balaban J connectivity index is 1.45. The predicted octanol–water partition coefficient (Wildman–Crippen LogP) is 3.65. The van der Waals surface area contributed by atoms with Gasteiger partial charge in [0.15, 0.2) is 11.6 Å². The van der Waals surface area contributed by atoms with Crippen LogP contribution in [-0.4, -0.2) is 49.6 Å². The molecule has 0 saturated carbocycles. The summed E-state index contributed by atoms with van der Waals surface area (Å²) in [7, 11) is 1.60. The molecular formula is C22H23FN6O2. The molecule has 0 spiro atoms. The molecule has 9 heteroatoms. The van der Waals surface area contributed by atoms with E-state index in [1.54, 1.807) is 13.3 Å². The molecule has 160 valence electrons. The number of morpholine rings is 1. The van der Waals surface area contributed by atoms with Crippen LogP contribution >= 0.6 is 0 Å². The molecule has 0 unspecified atom stereocenters. The highest BCUT2D eigenvalue weighted by molar-refractivity contribution is 5.85. The highest BCUT2D eigenvalue weighted by Gasteiger charge is 2.17. The number of ether oxygens (including phenoxy) is 2. The molecule has 2 heterocycles. The van der Waals surface area contributed by atoms with Gasteiger partial charge in [-0.15, -0.1) is 0 Å². The zero-order valence-corrected chi connectivity index (χ0v) is 17.1. The Morgan fingerprint density at radius 2 is 1.94 bits per heavy atom. The van der Waals surface area contributed by atoms with Crippen molar-refractivity contribution in [2.75, 3.05) is 49.1 Å². The van der Waals surface area contributed by atoms with Gasteiger partial charge in [0.2, 0.25) is 5.95 Å². The standard InChI is InChI=1S/C22H23FN6O2/c1-30-20-13-18(26-17-5-3-2-4-6-17)8-7-16(20)14-25-28-22-24-15-19(23)21(27-22)29-9-11-31-12-10-29/h2-8,13-15,26H,9-12H2,1H3,(H,24,27,28)/b25-14+. The Morgan fingerprint density at radius 1 is 1.13 bits per heavy atom. The number of methoxy groups -OCH3 is 1. The maximum Gasteiger partial charge on any atom is 0.245 e. The number of nitrogens with one attached hydrogen (secondary N) is 2. The van der Waals surface area contributed by atoms with E-state index < -0.39 is 5.82 Å². The minimum Gasteiger partial charge on any atom is -0.496 e. The molecular weight excluding hydrogens is 399 g/mol. The van der Waals surface area contributed by atoms with E-state index in [0.717, 1.165) is 23.1 Å². The van der Waals surface area contributed by atoms with Gasteiger partial charge in [-0.3, -0.25) is 0 Å². The van der Waals surface area contributed by atoms with Crippen LogP contribution in [0.4, 0.5) is 27.5 Å². The van der Waals surface area contributed by atoms with E-state index >= 15 is 0 Å². The Bertz CT molecular complexity index is 1040. The second-order valence-electron chi connectivity index (χ2n) is 6.78. The number of para-hydroxylation sites is 1. The summed E-state index contributed by atoms with van der Waals surface area (Å²) in [6.45, 7) is 2.24. The van der Waals surface area contributed by atoms with Crippen molar-refractivity contribution in [3.8, 4) is 5.75 Å². The molecule has 1 aliphatic heterocycles. The van der Waals surface area contributed by atoms with Crippen LogP contribution in [0.5, 0.6) is 5.75 Å². The summed E-state index contributed by atoms with van der Waals surface area (Å²) in [5.74, 6) is 0.630. The van der Waals surface area contributed by atoms with Crippen LogP contribution in [-0.2, 0) is 4.74 Å². The van der Waals surface area contributed by atoms with Crippen LogP contribution in [0.2, 0.25) is 0 Å². The third-order valence-corrected chi connectivity index (χ3v) is 4.70.